The van der Waals surface area contributed by atoms with Crippen molar-refractivity contribution in [2.45, 2.75) is 4.43 Å². The summed E-state index contributed by atoms with van der Waals surface area (Å²) in [6, 6.07) is 13.6. The molecule has 7 heteroatoms. The zero-order valence-corrected chi connectivity index (χ0v) is 13.2. The number of hydrogen-bond donors (Lipinski definition) is 2. The highest BCUT2D eigenvalue weighted by atomic mass is 127. The Morgan fingerprint density at radius 1 is 1.14 bits per heavy atom. The topological polar surface area (TPSA) is 81.6 Å². The molecule has 0 aliphatic carbocycles. The number of nitrogens with zero attached hydrogens (tertiary/aromatic N) is 4. The standard InChI is InChI=1S/C14H13IN6/c15-9-10-5-1-2-6-11(10)18-14-19-13(16)21(20-14)12-7-3-4-8-17-12/h1-8H,9H2,(H3,16,18,19,20). The maximum Gasteiger partial charge on any atom is 0.248 e. The van der Waals surface area contributed by atoms with Crippen molar-refractivity contribution in [2.24, 2.45) is 0 Å². The summed E-state index contributed by atoms with van der Waals surface area (Å²) in [7, 11) is 0. The molecule has 21 heavy (non-hydrogen) atoms. The first-order valence-corrected chi connectivity index (χ1v) is 7.85. The molecule has 3 rings (SSSR count). The van der Waals surface area contributed by atoms with Gasteiger partial charge in [0, 0.05) is 16.3 Å². The molecule has 0 radical (unpaired) electrons. The molecule has 3 aromatic rings. The maximum absolute atomic E-state index is 5.91. The molecule has 0 unspecified atom stereocenters. The number of anilines is 3. The van der Waals surface area contributed by atoms with Gasteiger partial charge in [0.1, 0.15) is 0 Å². The summed E-state index contributed by atoms with van der Waals surface area (Å²) in [6.07, 6.45) is 1.69. The van der Waals surface area contributed by atoms with Crippen LogP contribution < -0.4 is 11.1 Å². The molecule has 0 amide bonds. The van der Waals surface area contributed by atoms with E-state index >= 15 is 0 Å². The van der Waals surface area contributed by atoms with Gasteiger partial charge < -0.3 is 11.1 Å². The Kier molecular flexibility index (Phi) is 4.00. The number of nitrogen functional groups attached to an aromatic ring is 1. The van der Waals surface area contributed by atoms with Crippen LogP contribution in [0.5, 0.6) is 0 Å². The molecular formula is C14H13IN6. The van der Waals surface area contributed by atoms with Gasteiger partial charge in [0.25, 0.3) is 0 Å². The molecule has 106 valence electrons. The average Bonchev–Trinajstić information content (AvgIpc) is 2.89. The second-order valence-electron chi connectivity index (χ2n) is 4.31. The van der Waals surface area contributed by atoms with Gasteiger partial charge in [0.2, 0.25) is 11.9 Å². The number of benzene rings is 1. The number of rotatable bonds is 4. The summed E-state index contributed by atoms with van der Waals surface area (Å²) in [6.45, 7) is 0. The van der Waals surface area contributed by atoms with Crippen LogP contribution in [0.3, 0.4) is 0 Å². The zero-order chi connectivity index (χ0) is 14.7. The first kappa shape index (κ1) is 13.8. The van der Waals surface area contributed by atoms with Crippen molar-refractivity contribution in [3.05, 3.63) is 54.2 Å². The van der Waals surface area contributed by atoms with Crippen molar-refractivity contribution >= 4 is 40.2 Å². The number of nitrogens with one attached hydrogen (secondary N) is 1. The molecule has 1 aromatic carbocycles. The minimum absolute atomic E-state index is 0.295. The molecule has 0 aliphatic heterocycles. The molecule has 0 saturated carbocycles. The molecule has 0 fully saturated rings. The number of para-hydroxylation sites is 1. The number of pyridine rings is 1. The first-order chi connectivity index (χ1) is 10.3. The van der Waals surface area contributed by atoms with Crippen LogP contribution in [-0.4, -0.2) is 19.7 Å². The van der Waals surface area contributed by atoms with Crippen molar-refractivity contribution < 1.29 is 0 Å². The zero-order valence-electron chi connectivity index (χ0n) is 11.1. The van der Waals surface area contributed by atoms with Crippen LogP contribution in [0.1, 0.15) is 5.56 Å². The van der Waals surface area contributed by atoms with E-state index in [4.69, 9.17) is 5.73 Å². The van der Waals surface area contributed by atoms with Gasteiger partial charge in [-0.25, -0.2) is 4.98 Å². The fourth-order valence-electron chi connectivity index (χ4n) is 1.90. The SMILES string of the molecule is Nc1nc(Nc2ccccc2CI)nn1-c1ccccn1. The summed E-state index contributed by atoms with van der Waals surface area (Å²) in [4.78, 5) is 8.45. The van der Waals surface area contributed by atoms with Crippen LogP contribution in [-0.2, 0) is 4.43 Å². The fraction of sp³-hybridized carbons (Fsp3) is 0.0714. The average molecular weight is 392 g/mol. The minimum atomic E-state index is 0.295. The molecule has 6 nitrogen and oxygen atoms in total. The van der Waals surface area contributed by atoms with Crippen molar-refractivity contribution in [3.63, 3.8) is 0 Å². The normalized spacial score (nSPS) is 10.5. The van der Waals surface area contributed by atoms with Crippen LogP contribution >= 0.6 is 22.6 Å². The van der Waals surface area contributed by atoms with Crippen molar-refractivity contribution in [1.29, 1.82) is 0 Å². The van der Waals surface area contributed by atoms with Gasteiger partial charge in [-0.3, -0.25) is 0 Å². The number of aromatic nitrogens is 4. The van der Waals surface area contributed by atoms with E-state index in [1.165, 1.54) is 10.2 Å². The highest BCUT2D eigenvalue weighted by Gasteiger charge is 2.10. The molecular weight excluding hydrogens is 379 g/mol. The molecule has 0 saturated heterocycles. The third kappa shape index (κ3) is 2.97. The third-order valence-corrected chi connectivity index (χ3v) is 3.73. The predicted octanol–water partition coefficient (Wildman–Crippen LogP) is 2.92. The molecule has 0 spiro atoms. The van der Waals surface area contributed by atoms with Gasteiger partial charge >= 0.3 is 0 Å². The van der Waals surface area contributed by atoms with Crippen molar-refractivity contribution in [2.75, 3.05) is 11.1 Å². The Hall–Kier alpha value is -2.16. The number of hydrogen-bond acceptors (Lipinski definition) is 5. The summed E-state index contributed by atoms with van der Waals surface area (Å²) >= 11 is 2.32. The van der Waals surface area contributed by atoms with Gasteiger partial charge in [-0.2, -0.15) is 9.67 Å². The quantitative estimate of drug-likeness (QED) is 0.527. The van der Waals surface area contributed by atoms with Crippen molar-refractivity contribution in [3.8, 4) is 5.82 Å². The van der Waals surface area contributed by atoms with Gasteiger partial charge in [-0.1, -0.05) is 46.9 Å². The summed E-state index contributed by atoms with van der Waals surface area (Å²) in [5, 5.41) is 7.55. The lowest BCUT2D eigenvalue weighted by Crippen LogP contribution is -2.04. The first-order valence-electron chi connectivity index (χ1n) is 6.33. The van der Waals surface area contributed by atoms with E-state index in [0.717, 1.165) is 10.1 Å². The predicted molar refractivity (Wildman–Crippen MR) is 91.0 cm³/mol. The number of halogens is 1. The van der Waals surface area contributed by atoms with E-state index in [9.17, 15) is 0 Å². The Bertz CT molecular complexity index is 740. The number of nitrogens with two attached hydrogens (primary N) is 1. The van der Waals surface area contributed by atoms with E-state index in [-0.39, 0.29) is 0 Å². The van der Waals surface area contributed by atoms with Gasteiger partial charge in [0.05, 0.1) is 0 Å². The second kappa shape index (κ2) is 6.08. The van der Waals surface area contributed by atoms with Crippen LogP contribution in [0, 0.1) is 0 Å². The fourth-order valence-corrected chi connectivity index (χ4v) is 2.57. The van der Waals surface area contributed by atoms with E-state index in [1.54, 1.807) is 6.20 Å². The second-order valence-corrected chi connectivity index (χ2v) is 5.07. The van der Waals surface area contributed by atoms with Crippen LogP contribution in [0.25, 0.3) is 5.82 Å². The van der Waals surface area contributed by atoms with Gasteiger partial charge in [0.15, 0.2) is 5.82 Å². The van der Waals surface area contributed by atoms with E-state index in [2.05, 4.69) is 49.0 Å². The lowest BCUT2D eigenvalue weighted by atomic mass is 10.2. The van der Waals surface area contributed by atoms with E-state index in [0.29, 0.717) is 17.7 Å². The van der Waals surface area contributed by atoms with E-state index in [1.807, 2.05) is 36.4 Å². The molecule has 0 aliphatic rings. The Morgan fingerprint density at radius 2 is 1.95 bits per heavy atom. The molecule has 0 bridgehead atoms. The molecule has 0 atom stereocenters. The van der Waals surface area contributed by atoms with Crippen LogP contribution in [0.15, 0.2) is 48.7 Å². The van der Waals surface area contributed by atoms with Crippen LogP contribution in [0.2, 0.25) is 0 Å². The highest BCUT2D eigenvalue weighted by molar-refractivity contribution is 14.1. The lowest BCUT2D eigenvalue weighted by Gasteiger charge is -2.06. The monoisotopic (exact) mass is 392 g/mol. The Labute approximate surface area is 135 Å². The largest absolute Gasteiger partial charge is 0.368 e. The number of alkyl halides is 1. The smallest absolute Gasteiger partial charge is 0.248 e. The minimum Gasteiger partial charge on any atom is -0.368 e. The Balaban J connectivity index is 1.91. The van der Waals surface area contributed by atoms with Gasteiger partial charge in [-0.15, -0.1) is 5.10 Å². The van der Waals surface area contributed by atoms with Crippen molar-refractivity contribution in [1.82, 2.24) is 19.7 Å². The molecule has 3 N–H and O–H groups in total. The summed E-state index contributed by atoms with van der Waals surface area (Å²) < 4.78 is 2.41. The lowest BCUT2D eigenvalue weighted by molar-refractivity contribution is 0.859. The van der Waals surface area contributed by atoms with Gasteiger partial charge in [-0.05, 0) is 23.8 Å². The molecule has 2 heterocycles. The summed E-state index contributed by atoms with van der Waals surface area (Å²) in [5.41, 5.74) is 8.07. The third-order valence-electron chi connectivity index (χ3n) is 2.91. The summed E-state index contributed by atoms with van der Waals surface area (Å²) in [5.74, 6) is 1.39. The Morgan fingerprint density at radius 3 is 2.71 bits per heavy atom. The highest BCUT2D eigenvalue weighted by Crippen LogP contribution is 2.22. The van der Waals surface area contributed by atoms with Crippen LogP contribution in [0.4, 0.5) is 17.6 Å². The molecule has 2 aromatic heterocycles. The van der Waals surface area contributed by atoms with E-state index < -0.39 is 0 Å². The maximum atomic E-state index is 5.91.